The number of fused-ring (bicyclic) bond motifs is 1. The van der Waals surface area contributed by atoms with Crippen LogP contribution in [0.5, 0.6) is 0 Å². The van der Waals surface area contributed by atoms with Crippen molar-refractivity contribution < 1.29 is 4.42 Å². The fraction of sp³-hybridized carbons (Fsp3) is 0.133. The predicted octanol–water partition coefficient (Wildman–Crippen LogP) is 5.05. The third-order valence-corrected chi connectivity index (χ3v) is 3.20. The van der Waals surface area contributed by atoms with E-state index in [0.717, 1.165) is 22.3 Å². The molecule has 98 valence electrons. The van der Waals surface area contributed by atoms with Crippen LogP contribution in [-0.2, 0) is 0 Å². The maximum absolute atomic E-state index is 8.52. The second kappa shape index (κ2) is 4.72. The lowest BCUT2D eigenvalue weighted by molar-refractivity contribution is 0.617. The Bertz CT molecular complexity index is 844. The average molecular weight is 264 g/mol. The molecule has 3 aromatic rings. The highest BCUT2D eigenvalue weighted by Gasteiger charge is 2.12. The van der Waals surface area contributed by atoms with E-state index >= 15 is 0 Å². The molecule has 0 amide bonds. The second-order valence-corrected chi connectivity index (χ2v) is 4.63. The number of benzene rings is 2. The van der Waals surface area contributed by atoms with E-state index in [1.807, 2.05) is 38.1 Å². The van der Waals surface area contributed by atoms with E-state index in [2.05, 4.69) is 15.0 Å². The number of oxazole rings is 1. The summed E-state index contributed by atoms with van der Waals surface area (Å²) in [5.74, 6) is 0.583. The number of nitrogens with zero attached hydrogens (tertiary/aromatic N) is 4. The molecule has 1 aromatic heterocycles. The van der Waals surface area contributed by atoms with Gasteiger partial charge in [-0.2, -0.15) is 0 Å². The van der Waals surface area contributed by atoms with Gasteiger partial charge in [0.2, 0.25) is 5.89 Å². The lowest BCUT2D eigenvalue weighted by atomic mass is 10.1. The Balaban J connectivity index is 2.23. The molecule has 20 heavy (non-hydrogen) atoms. The van der Waals surface area contributed by atoms with E-state index < -0.39 is 0 Å². The van der Waals surface area contributed by atoms with E-state index in [0.29, 0.717) is 17.1 Å². The van der Waals surface area contributed by atoms with Gasteiger partial charge in [0.1, 0.15) is 5.52 Å². The van der Waals surface area contributed by atoms with Gasteiger partial charge in [0, 0.05) is 16.2 Å². The van der Waals surface area contributed by atoms with Crippen molar-refractivity contribution >= 4 is 16.8 Å². The van der Waals surface area contributed by atoms with Gasteiger partial charge in [-0.05, 0) is 48.7 Å². The molecule has 0 fully saturated rings. The largest absolute Gasteiger partial charge is 0.436 e. The summed E-state index contributed by atoms with van der Waals surface area (Å²) in [5, 5.41) is 3.62. The third kappa shape index (κ3) is 2.00. The third-order valence-electron chi connectivity index (χ3n) is 3.20. The Labute approximate surface area is 115 Å². The molecule has 3 rings (SSSR count). The van der Waals surface area contributed by atoms with Gasteiger partial charge in [0.15, 0.2) is 5.58 Å². The zero-order valence-electron chi connectivity index (χ0n) is 11.2. The van der Waals surface area contributed by atoms with Gasteiger partial charge in [-0.1, -0.05) is 23.3 Å². The smallest absolute Gasteiger partial charge is 0.227 e. The number of hydrogen-bond acceptors (Lipinski definition) is 3. The van der Waals surface area contributed by atoms with Crippen LogP contribution in [0.4, 0.5) is 5.69 Å². The summed E-state index contributed by atoms with van der Waals surface area (Å²) in [7, 11) is 0. The Kier molecular flexibility index (Phi) is 2.89. The molecule has 1 heterocycles. The van der Waals surface area contributed by atoms with Crippen LogP contribution in [0.1, 0.15) is 11.1 Å². The molecular weight excluding hydrogens is 252 g/mol. The molecule has 0 saturated carbocycles. The van der Waals surface area contributed by atoms with Gasteiger partial charge in [0.25, 0.3) is 0 Å². The van der Waals surface area contributed by atoms with Crippen molar-refractivity contribution in [2.75, 3.05) is 0 Å². The molecule has 0 saturated heterocycles. The number of rotatable bonds is 2. The minimum Gasteiger partial charge on any atom is -0.436 e. The maximum atomic E-state index is 8.52. The maximum Gasteiger partial charge on any atom is 0.227 e. The quantitative estimate of drug-likeness (QED) is 0.369. The van der Waals surface area contributed by atoms with E-state index in [9.17, 15) is 0 Å². The van der Waals surface area contributed by atoms with Crippen LogP contribution in [0.3, 0.4) is 0 Å². The summed E-state index contributed by atoms with van der Waals surface area (Å²) in [6.45, 7) is 3.92. The summed E-state index contributed by atoms with van der Waals surface area (Å²) in [5.41, 5.74) is 13.5. The minimum atomic E-state index is 0.544. The first-order valence-corrected chi connectivity index (χ1v) is 6.21. The molecule has 2 aromatic carbocycles. The Hall–Kier alpha value is -2.78. The van der Waals surface area contributed by atoms with E-state index in [4.69, 9.17) is 9.95 Å². The summed E-state index contributed by atoms with van der Waals surface area (Å²) in [4.78, 5) is 7.30. The van der Waals surface area contributed by atoms with Crippen LogP contribution in [0.2, 0.25) is 0 Å². The van der Waals surface area contributed by atoms with Gasteiger partial charge in [-0.15, -0.1) is 0 Å². The predicted molar refractivity (Wildman–Crippen MR) is 77.7 cm³/mol. The van der Waals surface area contributed by atoms with E-state index in [-0.39, 0.29) is 0 Å². The molecular formula is C15H12N4O. The van der Waals surface area contributed by atoms with Crippen molar-refractivity contribution in [3.63, 3.8) is 0 Å². The van der Waals surface area contributed by atoms with Crippen molar-refractivity contribution in [1.82, 2.24) is 4.98 Å². The molecule has 0 N–H and O–H groups in total. The molecule has 0 radical (unpaired) electrons. The average Bonchev–Trinajstić information content (AvgIpc) is 2.84. The minimum absolute atomic E-state index is 0.544. The van der Waals surface area contributed by atoms with E-state index in [1.54, 1.807) is 12.1 Å². The highest BCUT2D eigenvalue weighted by molar-refractivity contribution is 5.82. The van der Waals surface area contributed by atoms with E-state index in [1.165, 1.54) is 0 Å². The standard InChI is InChI=1S/C15H12N4O/c1-9-5-3-4-6-12(9)15-17-13-8-11(18-19-16)7-10(2)14(13)20-15/h3-8H,1-2H3. The summed E-state index contributed by atoms with van der Waals surface area (Å²) in [6.07, 6.45) is 0. The van der Waals surface area contributed by atoms with Gasteiger partial charge in [-0.3, -0.25) is 0 Å². The lowest BCUT2D eigenvalue weighted by Crippen LogP contribution is -1.81. The molecule has 0 unspecified atom stereocenters. The first-order chi connectivity index (χ1) is 9.69. The van der Waals surface area contributed by atoms with Crippen LogP contribution in [0.15, 0.2) is 45.9 Å². The molecule has 5 nitrogen and oxygen atoms in total. The van der Waals surface area contributed by atoms with Crippen LogP contribution in [-0.4, -0.2) is 4.98 Å². The van der Waals surface area contributed by atoms with Gasteiger partial charge in [-0.25, -0.2) is 4.98 Å². The normalized spacial score (nSPS) is 10.5. The SMILES string of the molecule is Cc1ccccc1-c1nc2cc(N=[N+]=[N-])cc(C)c2o1. The van der Waals surface area contributed by atoms with Crippen molar-refractivity contribution in [3.05, 3.63) is 58.0 Å². The van der Waals surface area contributed by atoms with Crippen molar-refractivity contribution in [2.24, 2.45) is 5.11 Å². The topological polar surface area (TPSA) is 74.8 Å². The Morgan fingerprint density at radius 3 is 2.70 bits per heavy atom. The second-order valence-electron chi connectivity index (χ2n) is 4.63. The lowest BCUT2D eigenvalue weighted by Gasteiger charge is -1.99. The Morgan fingerprint density at radius 2 is 1.95 bits per heavy atom. The van der Waals surface area contributed by atoms with Crippen LogP contribution in [0, 0.1) is 13.8 Å². The molecule has 0 atom stereocenters. The molecule has 0 aliphatic carbocycles. The fourth-order valence-corrected chi connectivity index (χ4v) is 2.22. The highest BCUT2D eigenvalue weighted by atomic mass is 16.3. The van der Waals surface area contributed by atoms with Crippen molar-refractivity contribution in [2.45, 2.75) is 13.8 Å². The zero-order chi connectivity index (χ0) is 14.1. The molecule has 5 heteroatoms. The number of hydrogen-bond donors (Lipinski definition) is 0. The van der Waals surface area contributed by atoms with Crippen LogP contribution in [0.25, 0.3) is 33.0 Å². The number of aromatic nitrogens is 1. The van der Waals surface area contributed by atoms with Crippen molar-refractivity contribution in [1.29, 1.82) is 0 Å². The first-order valence-electron chi connectivity index (χ1n) is 6.21. The number of azide groups is 1. The van der Waals surface area contributed by atoms with Gasteiger partial charge < -0.3 is 4.42 Å². The molecule has 0 aliphatic heterocycles. The fourth-order valence-electron chi connectivity index (χ4n) is 2.22. The first kappa shape index (κ1) is 12.3. The molecule has 0 bridgehead atoms. The molecule has 0 aliphatic rings. The van der Waals surface area contributed by atoms with Crippen LogP contribution >= 0.6 is 0 Å². The van der Waals surface area contributed by atoms with Crippen molar-refractivity contribution in [3.8, 4) is 11.5 Å². The summed E-state index contributed by atoms with van der Waals surface area (Å²) < 4.78 is 5.85. The van der Waals surface area contributed by atoms with Crippen LogP contribution < -0.4 is 0 Å². The zero-order valence-corrected chi connectivity index (χ0v) is 11.2. The molecule has 0 spiro atoms. The highest BCUT2D eigenvalue weighted by Crippen LogP contribution is 2.31. The Morgan fingerprint density at radius 1 is 1.15 bits per heavy atom. The van der Waals surface area contributed by atoms with Gasteiger partial charge in [0.05, 0.1) is 0 Å². The number of aryl methyl sites for hydroxylation is 2. The van der Waals surface area contributed by atoms with Gasteiger partial charge >= 0.3 is 0 Å². The summed E-state index contributed by atoms with van der Waals surface area (Å²) >= 11 is 0. The monoisotopic (exact) mass is 264 g/mol. The summed E-state index contributed by atoms with van der Waals surface area (Å²) in [6, 6.07) is 11.4.